The van der Waals surface area contributed by atoms with Crippen LogP contribution in [0.15, 0.2) is 46.9 Å². The molecule has 7 heteroatoms. The minimum atomic E-state index is -0.0476. The van der Waals surface area contributed by atoms with Crippen LogP contribution in [0.1, 0.15) is 15.9 Å². The Morgan fingerprint density at radius 3 is 2.74 bits per heavy atom. The first-order valence-corrected chi connectivity index (χ1v) is 11.5. The molecule has 0 atom stereocenters. The molecule has 0 radical (unpaired) electrons. The molecule has 31 heavy (non-hydrogen) atoms. The summed E-state index contributed by atoms with van der Waals surface area (Å²) in [5, 5.41) is 8.57. The summed E-state index contributed by atoms with van der Waals surface area (Å²) >= 11 is 3.54. The van der Waals surface area contributed by atoms with Crippen LogP contribution in [0.4, 0.5) is 0 Å². The van der Waals surface area contributed by atoms with E-state index in [2.05, 4.69) is 72.6 Å². The highest BCUT2D eigenvalue weighted by Crippen LogP contribution is 2.33. The zero-order valence-corrected chi connectivity index (χ0v) is 19.1. The van der Waals surface area contributed by atoms with Gasteiger partial charge in [-0.2, -0.15) is 0 Å². The maximum Gasteiger partial charge on any atom is 0.254 e. The van der Waals surface area contributed by atoms with Gasteiger partial charge in [0.05, 0.1) is 17.0 Å². The van der Waals surface area contributed by atoms with Crippen molar-refractivity contribution in [3.63, 3.8) is 0 Å². The molecule has 5 rings (SSSR count). The number of amides is 1. The van der Waals surface area contributed by atoms with Crippen LogP contribution in [-0.2, 0) is 0 Å². The van der Waals surface area contributed by atoms with Gasteiger partial charge in [-0.3, -0.25) is 9.69 Å². The van der Waals surface area contributed by atoms with E-state index in [0.29, 0.717) is 12.1 Å². The molecular formula is C24H26BrN5O. The fraction of sp³-hybridized carbons (Fsp3) is 0.292. The molecule has 1 aliphatic rings. The van der Waals surface area contributed by atoms with Gasteiger partial charge in [0.2, 0.25) is 0 Å². The number of halogens is 1. The van der Waals surface area contributed by atoms with Crippen molar-refractivity contribution in [2.45, 2.75) is 6.92 Å². The molecule has 0 unspecified atom stereocenters. The summed E-state index contributed by atoms with van der Waals surface area (Å²) in [4.78, 5) is 22.7. The van der Waals surface area contributed by atoms with E-state index in [0.717, 1.165) is 70.4 Å². The van der Waals surface area contributed by atoms with Crippen molar-refractivity contribution in [2.24, 2.45) is 0 Å². The number of H-pyrrole nitrogens is 2. The number of piperazine rings is 1. The Labute approximate surface area is 189 Å². The summed E-state index contributed by atoms with van der Waals surface area (Å²) < 4.78 is 0.978. The first-order chi connectivity index (χ1) is 15.1. The number of nitrogens with zero attached hydrogens (tertiary/aromatic N) is 1. The van der Waals surface area contributed by atoms with E-state index in [1.165, 1.54) is 5.56 Å². The second kappa shape index (κ2) is 8.49. The number of carbonyl (C=O) groups is 1. The number of carbonyl (C=O) groups excluding carboxylic acids is 1. The molecular weight excluding hydrogens is 454 g/mol. The SMILES string of the molecule is Cc1ccc2[nH]c(-c3[nH]c4cc(Br)ccc4c3C(=O)NCCN3CCNCC3)cc2c1. The summed E-state index contributed by atoms with van der Waals surface area (Å²) in [7, 11) is 0. The molecule has 2 aromatic heterocycles. The maximum absolute atomic E-state index is 13.3. The summed E-state index contributed by atoms with van der Waals surface area (Å²) in [5.74, 6) is -0.0476. The highest BCUT2D eigenvalue weighted by atomic mass is 79.9. The predicted molar refractivity (Wildman–Crippen MR) is 130 cm³/mol. The van der Waals surface area contributed by atoms with Crippen molar-refractivity contribution in [3.8, 4) is 11.4 Å². The van der Waals surface area contributed by atoms with Crippen molar-refractivity contribution in [1.82, 2.24) is 25.5 Å². The number of aromatic nitrogens is 2. The van der Waals surface area contributed by atoms with Crippen molar-refractivity contribution >= 4 is 43.6 Å². The number of nitrogens with one attached hydrogen (secondary N) is 4. The van der Waals surface area contributed by atoms with Crippen LogP contribution in [0.3, 0.4) is 0 Å². The summed E-state index contributed by atoms with van der Waals surface area (Å²) in [6, 6.07) is 14.4. The van der Waals surface area contributed by atoms with Gasteiger partial charge >= 0.3 is 0 Å². The van der Waals surface area contributed by atoms with Crippen molar-refractivity contribution < 1.29 is 4.79 Å². The number of hydrogen-bond acceptors (Lipinski definition) is 3. The molecule has 0 saturated carbocycles. The first kappa shape index (κ1) is 20.3. The summed E-state index contributed by atoms with van der Waals surface area (Å²) in [5.41, 5.74) is 5.63. The minimum Gasteiger partial charge on any atom is -0.353 e. The van der Waals surface area contributed by atoms with Crippen LogP contribution >= 0.6 is 15.9 Å². The Kier molecular flexibility index (Phi) is 5.56. The third-order valence-electron chi connectivity index (χ3n) is 5.96. The average molecular weight is 480 g/mol. The lowest BCUT2D eigenvalue weighted by molar-refractivity contribution is 0.0949. The molecule has 160 valence electrons. The van der Waals surface area contributed by atoms with Crippen LogP contribution in [0.5, 0.6) is 0 Å². The molecule has 0 bridgehead atoms. The fourth-order valence-corrected chi connectivity index (χ4v) is 4.71. The molecule has 0 aliphatic carbocycles. The summed E-state index contributed by atoms with van der Waals surface area (Å²) in [6.45, 7) is 7.65. The van der Waals surface area contributed by atoms with E-state index in [4.69, 9.17) is 0 Å². The van der Waals surface area contributed by atoms with Crippen LogP contribution in [0, 0.1) is 6.92 Å². The molecule has 0 spiro atoms. The molecule has 4 N–H and O–H groups in total. The summed E-state index contributed by atoms with van der Waals surface area (Å²) in [6.07, 6.45) is 0. The van der Waals surface area contributed by atoms with E-state index in [1.807, 2.05) is 18.2 Å². The lowest BCUT2D eigenvalue weighted by Crippen LogP contribution is -2.46. The highest BCUT2D eigenvalue weighted by Gasteiger charge is 2.21. The van der Waals surface area contributed by atoms with Crippen molar-refractivity contribution in [2.75, 3.05) is 39.3 Å². The Balaban J connectivity index is 1.48. The van der Waals surface area contributed by atoms with Crippen molar-refractivity contribution in [1.29, 1.82) is 0 Å². The van der Waals surface area contributed by atoms with E-state index in [9.17, 15) is 4.79 Å². The Bertz CT molecular complexity index is 1250. The van der Waals surface area contributed by atoms with E-state index in [1.54, 1.807) is 0 Å². The Hall–Kier alpha value is -2.61. The van der Waals surface area contributed by atoms with Gasteiger partial charge in [-0.15, -0.1) is 0 Å². The number of aromatic amines is 2. The number of aryl methyl sites for hydroxylation is 1. The molecule has 2 aromatic carbocycles. The maximum atomic E-state index is 13.3. The van der Waals surface area contributed by atoms with Crippen LogP contribution in [-0.4, -0.2) is 60.0 Å². The second-order valence-corrected chi connectivity index (χ2v) is 9.10. The van der Waals surface area contributed by atoms with Crippen molar-refractivity contribution in [3.05, 3.63) is 58.1 Å². The normalized spacial score (nSPS) is 15.0. The molecule has 1 fully saturated rings. The van der Waals surface area contributed by atoms with E-state index in [-0.39, 0.29) is 5.91 Å². The van der Waals surface area contributed by atoms with Gasteiger partial charge < -0.3 is 20.6 Å². The number of fused-ring (bicyclic) bond motifs is 2. The molecule has 1 saturated heterocycles. The third kappa shape index (κ3) is 4.13. The average Bonchev–Trinajstić information content (AvgIpc) is 3.34. The smallest absolute Gasteiger partial charge is 0.254 e. The zero-order chi connectivity index (χ0) is 21.4. The zero-order valence-electron chi connectivity index (χ0n) is 17.5. The van der Waals surface area contributed by atoms with E-state index < -0.39 is 0 Å². The standard InChI is InChI=1S/C24H26BrN5O/c1-15-2-5-19-16(12-15)13-21(28-19)23-22(18-4-3-17(25)14-20(18)29-23)24(31)27-8-11-30-9-6-26-7-10-30/h2-5,12-14,26,28-29H,6-11H2,1H3,(H,27,31). The van der Waals surface area contributed by atoms with Crippen LogP contribution < -0.4 is 10.6 Å². The second-order valence-electron chi connectivity index (χ2n) is 8.19. The van der Waals surface area contributed by atoms with E-state index >= 15 is 0 Å². The molecule has 1 aliphatic heterocycles. The van der Waals surface area contributed by atoms with Gasteiger partial charge in [0.25, 0.3) is 5.91 Å². The quantitative estimate of drug-likeness (QED) is 0.349. The Morgan fingerprint density at radius 1 is 1.06 bits per heavy atom. The van der Waals surface area contributed by atoms with Gasteiger partial charge in [-0.05, 0) is 37.3 Å². The minimum absolute atomic E-state index is 0.0476. The van der Waals surface area contributed by atoms with Crippen LogP contribution in [0.25, 0.3) is 33.2 Å². The fourth-order valence-electron chi connectivity index (χ4n) is 4.35. The monoisotopic (exact) mass is 479 g/mol. The topological polar surface area (TPSA) is 76.0 Å². The lowest BCUT2D eigenvalue weighted by Gasteiger charge is -2.27. The van der Waals surface area contributed by atoms with Gasteiger partial charge in [0.1, 0.15) is 0 Å². The number of rotatable bonds is 5. The molecule has 4 aromatic rings. The molecule has 6 nitrogen and oxygen atoms in total. The van der Waals surface area contributed by atoms with Gasteiger partial charge in [-0.1, -0.05) is 33.6 Å². The van der Waals surface area contributed by atoms with Crippen LogP contribution in [0.2, 0.25) is 0 Å². The molecule has 3 heterocycles. The van der Waals surface area contributed by atoms with Gasteiger partial charge in [0.15, 0.2) is 0 Å². The first-order valence-electron chi connectivity index (χ1n) is 10.7. The van der Waals surface area contributed by atoms with Gasteiger partial charge in [0, 0.05) is 65.5 Å². The Morgan fingerprint density at radius 2 is 1.90 bits per heavy atom. The molecule has 1 amide bonds. The van der Waals surface area contributed by atoms with Gasteiger partial charge in [-0.25, -0.2) is 0 Å². The predicted octanol–water partition coefficient (Wildman–Crippen LogP) is 4.02. The largest absolute Gasteiger partial charge is 0.353 e. The number of benzene rings is 2. The third-order valence-corrected chi connectivity index (χ3v) is 6.45. The highest BCUT2D eigenvalue weighted by molar-refractivity contribution is 9.10. The number of hydrogen-bond donors (Lipinski definition) is 4. The lowest BCUT2D eigenvalue weighted by atomic mass is 10.1.